The minimum Gasteiger partial charge on any atom is -0.497 e. The maximum absolute atomic E-state index is 15.1. The van der Waals surface area contributed by atoms with Crippen LogP contribution in [-0.4, -0.2) is 89.1 Å². The van der Waals surface area contributed by atoms with Crippen molar-refractivity contribution in [3.05, 3.63) is 54.6 Å². The van der Waals surface area contributed by atoms with Gasteiger partial charge in [-0.2, -0.15) is 4.98 Å². The van der Waals surface area contributed by atoms with Gasteiger partial charge in [0.25, 0.3) is 0 Å². The van der Waals surface area contributed by atoms with Crippen LogP contribution in [0.1, 0.15) is 113 Å². The number of nitrogens with zero attached hydrogens (tertiary/aromatic N) is 3. The lowest BCUT2D eigenvalue weighted by Crippen LogP contribution is -2.48. The molecule has 3 fully saturated rings. The first kappa shape index (κ1) is 46.9. The maximum Gasteiger partial charge on any atom is 0.307 e. The lowest BCUT2D eigenvalue weighted by Gasteiger charge is -2.32. The number of benzene rings is 2. The highest BCUT2D eigenvalue weighted by Gasteiger charge is 2.62. The Morgan fingerprint density at radius 1 is 1.00 bits per heavy atom. The highest BCUT2D eigenvalue weighted by Crippen LogP contribution is 2.58. The number of aromatic nitrogens is 2. The molecular formula is C49H64N4O10S. The second kappa shape index (κ2) is 18.1. The molecule has 1 saturated heterocycles. The first-order valence-electron chi connectivity index (χ1n) is 22.7. The smallest absolute Gasteiger partial charge is 0.307 e. The van der Waals surface area contributed by atoms with Crippen molar-refractivity contribution < 1.29 is 46.5 Å². The number of rotatable bonds is 11. The molecule has 0 bridgehead atoms. The summed E-state index contributed by atoms with van der Waals surface area (Å²) in [5.41, 5.74) is -0.821. The number of methoxy groups -OCH3 is 1. The van der Waals surface area contributed by atoms with E-state index in [1.54, 1.807) is 53.0 Å². The summed E-state index contributed by atoms with van der Waals surface area (Å²) in [6, 6.07) is 11.7. The summed E-state index contributed by atoms with van der Waals surface area (Å²) < 4.78 is 51.9. The van der Waals surface area contributed by atoms with Crippen molar-refractivity contribution in [1.29, 1.82) is 0 Å². The number of allylic oxidation sites excluding steroid dienone is 2. The van der Waals surface area contributed by atoms with E-state index in [0.29, 0.717) is 65.9 Å². The molecule has 3 heterocycles. The predicted octanol–water partition coefficient (Wildman–Crippen LogP) is 7.77. The minimum atomic E-state index is -3.99. The van der Waals surface area contributed by atoms with E-state index in [9.17, 15) is 22.8 Å². The van der Waals surface area contributed by atoms with E-state index < -0.39 is 55.7 Å². The molecule has 2 saturated carbocycles. The third kappa shape index (κ3) is 10.4. The fourth-order valence-corrected chi connectivity index (χ4v) is 10.5. The summed E-state index contributed by atoms with van der Waals surface area (Å²) in [7, 11) is -2.42. The Hall–Kier alpha value is -5.05. The molecule has 2 aliphatic heterocycles. The van der Waals surface area contributed by atoms with Crippen molar-refractivity contribution in [3.8, 4) is 28.8 Å². The van der Waals surface area contributed by atoms with Crippen LogP contribution in [-0.2, 0) is 33.9 Å². The van der Waals surface area contributed by atoms with E-state index >= 15 is 4.79 Å². The van der Waals surface area contributed by atoms with Gasteiger partial charge in [-0.25, -0.2) is 13.4 Å². The van der Waals surface area contributed by atoms with Gasteiger partial charge >= 0.3 is 5.97 Å². The first-order chi connectivity index (χ1) is 30.1. The van der Waals surface area contributed by atoms with Crippen molar-refractivity contribution in [2.24, 2.45) is 29.1 Å². The molecule has 3 aromatic rings. The summed E-state index contributed by atoms with van der Waals surface area (Å²) in [6.45, 7) is 14.9. The zero-order valence-corrected chi connectivity index (χ0v) is 39.5. The van der Waals surface area contributed by atoms with Gasteiger partial charge in [0.2, 0.25) is 27.7 Å². The van der Waals surface area contributed by atoms with Crippen LogP contribution in [0.5, 0.6) is 17.4 Å². The summed E-state index contributed by atoms with van der Waals surface area (Å²) in [5.74, 6) is -1.31. The van der Waals surface area contributed by atoms with Gasteiger partial charge in [-0.1, -0.05) is 26.0 Å². The second-order valence-electron chi connectivity index (χ2n) is 20.1. The van der Waals surface area contributed by atoms with Crippen LogP contribution in [0.3, 0.4) is 0 Å². The molecule has 4 aliphatic rings. The highest BCUT2D eigenvalue weighted by molar-refractivity contribution is 7.91. The minimum absolute atomic E-state index is 0.00415. The van der Waals surface area contributed by atoms with Crippen LogP contribution < -0.4 is 18.9 Å². The van der Waals surface area contributed by atoms with E-state index in [0.717, 1.165) is 6.42 Å². The van der Waals surface area contributed by atoms with Gasteiger partial charge in [0, 0.05) is 24.5 Å². The Bertz CT molecular complexity index is 2410. The van der Waals surface area contributed by atoms with Crippen molar-refractivity contribution >= 4 is 44.5 Å². The molecule has 346 valence electrons. The number of fused-ring (bicyclic) bond motifs is 3. The number of ether oxygens (including phenoxy) is 4. The zero-order valence-electron chi connectivity index (χ0n) is 38.6. The van der Waals surface area contributed by atoms with Gasteiger partial charge in [-0.15, -0.1) is 0 Å². The van der Waals surface area contributed by atoms with E-state index in [1.165, 1.54) is 4.90 Å². The van der Waals surface area contributed by atoms with E-state index in [1.807, 2.05) is 57.2 Å². The van der Waals surface area contributed by atoms with Crippen LogP contribution >= 0.6 is 0 Å². The Morgan fingerprint density at radius 3 is 2.36 bits per heavy atom. The second-order valence-corrected chi connectivity index (χ2v) is 22.3. The van der Waals surface area contributed by atoms with Gasteiger partial charge < -0.3 is 23.8 Å². The van der Waals surface area contributed by atoms with Crippen LogP contribution in [0.4, 0.5) is 0 Å². The summed E-state index contributed by atoms with van der Waals surface area (Å²) in [4.78, 5) is 69.0. The molecule has 0 radical (unpaired) electrons. The third-order valence-electron chi connectivity index (χ3n) is 13.2. The quantitative estimate of drug-likeness (QED) is 0.146. The van der Waals surface area contributed by atoms with Gasteiger partial charge in [-0.05, 0) is 134 Å². The number of Topliss-reactive ketones (excluding diaryl/α,β-unsaturated/α-hetero) is 1. The number of esters is 1. The molecule has 7 rings (SSSR count). The molecule has 1 aromatic heterocycles. The number of hydrogen-bond acceptors (Lipinski definition) is 12. The van der Waals surface area contributed by atoms with Gasteiger partial charge in [0.05, 0.1) is 59.2 Å². The molecule has 2 aliphatic carbocycles. The molecule has 2 aromatic carbocycles. The maximum atomic E-state index is 15.1. The molecule has 2 amide bonds. The van der Waals surface area contributed by atoms with Gasteiger partial charge in [0.15, 0.2) is 11.6 Å². The number of carbonyl (C=O) groups excluding carboxylic acids is 4. The largest absolute Gasteiger partial charge is 0.497 e. The molecule has 64 heavy (non-hydrogen) atoms. The number of carbonyl (C=O) groups is 4. The number of nitrogens with one attached hydrogen (secondary N) is 1. The van der Waals surface area contributed by atoms with Crippen molar-refractivity contribution in [1.82, 2.24) is 19.6 Å². The predicted molar refractivity (Wildman–Crippen MR) is 242 cm³/mol. The van der Waals surface area contributed by atoms with Crippen LogP contribution in [0.2, 0.25) is 0 Å². The third-order valence-corrected chi connectivity index (χ3v) is 15.4. The van der Waals surface area contributed by atoms with Crippen molar-refractivity contribution in [3.63, 3.8) is 0 Å². The number of amides is 2. The number of sulfonamides is 1. The van der Waals surface area contributed by atoms with Crippen molar-refractivity contribution in [2.75, 3.05) is 13.7 Å². The van der Waals surface area contributed by atoms with E-state index in [-0.39, 0.29) is 67.2 Å². The first-order valence-corrected chi connectivity index (χ1v) is 24.2. The monoisotopic (exact) mass is 900 g/mol. The molecular weight excluding hydrogens is 837 g/mol. The summed E-state index contributed by atoms with van der Waals surface area (Å²) >= 11 is 0. The topological polar surface area (TPSA) is 180 Å². The fourth-order valence-electron chi connectivity index (χ4n) is 9.19. The number of ketones is 1. The molecule has 1 N–H and O–H groups in total. The molecule has 15 heteroatoms. The Labute approximate surface area is 377 Å². The lowest BCUT2D eigenvalue weighted by atomic mass is 9.82. The molecule has 0 unspecified atom stereocenters. The molecule has 0 spiro atoms. The zero-order chi connectivity index (χ0) is 46.4. The Balaban J connectivity index is 1.26. The number of hydrogen-bond donors (Lipinski definition) is 1. The lowest BCUT2D eigenvalue weighted by molar-refractivity contribution is -0.160. The normalized spacial score (nSPS) is 27.7. The average molecular weight is 901 g/mol. The van der Waals surface area contributed by atoms with Crippen LogP contribution in [0.25, 0.3) is 22.3 Å². The highest BCUT2D eigenvalue weighted by atomic mass is 32.2. The average Bonchev–Trinajstić information content (AvgIpc) is 4.10. The van der Waals surface area contributed by atoms with Crippen molar-refractivity contribution in [2.45, 2.75) is 142 Å². The van der Waals surface area contributed by atoms with Crippen LogP contribution in [0, 0.1) is 29.1 Å². The van der Waals surface area contributed by atoms with E-state index in [2.05, 4.69) is 11.6 Å². The summed E-state index contributed by atoms with van der Waals surface area (Å²) in [5, 5.41) is 0.589. The Morgan fingerprint density at radius 2 is 1.70 bits per heavy atom. The van der Waals surface area contributed by atoms with Crippen LogP contribution in [0.15, 0.2) is 54.6 Å². The molecule has 7 atom stereocenters. The van der Waals surface area contributed by atoms with Gasteiger partial charge in [0.1, 0.15) is 23.2 Å². The standard InChI is InChI=1S/C49H64N4O10S/c1-29(2)61-34-16-14-32(15-17-34)43-50-39-23-35(60-9)18-19-37(39)44(51-43)62-36-24-40-41(54)27-49(46(57)52-64(58,59)48(8)20-21-48)26-33(49)13-11-10-12-30(3)22-31(4)38(45(56)53(40)28-36)25-42(55)63-47(5,6)7/h11,13-19,23,29-31,33,36,38,40H,10,12,20-22,24-28H2,1-9H3,(H,52,57)/b13-11-/t30-,31-,33-,36-,38+,40+,49-/m1/s1. The van der Waals surface area contributed by atoms with E-state index in [4.69, 9.17) is 28.9 Å². The van der Waals surface area contributed by atoms with Gasteiger partial charge in [-0.3, -0.25) is 23.9 Å². The fraction of sp³-hybridized carbons (Fsp3) is 0.592. The molecule has 14 nitrogen and oxygen atoms in total. The summed E-state index contributed by atoms with van der Waals surface area (Å²) in [6.07, 6.45) is 6.17. The SMILES string of the molecule is COc1ccc2c(O[C@@H]3C[C@H]4C(=O)C[C@]5(C(=O)NS(=O)(=O)C6(C)CC6)C[C@H]5/C=C\CC[C@@H](C)C[C@@H](C)[C@H](CC(=O)OC(C)(C)C)C(=O)N4C3)nc(-c3ccc(OC(C)C)cc3)nc2c1. The Kier molecular flexibility index (Phi) is 13.3.